The zero-order valence-corrected chi connectivity index (χ0v) is 14.5. The lowest BCUT2D eigenvalue weighted by molar-refractivity contribution is 0.355. The van der Waals surface area contributed by atoms with Crippen LogP contribution >= 0.6 is 0 Å². The molecule has 0 spiro atoms. The van der Waals surface area contributed by atoms with Gasteiger partial charge in [-0.05, 0) is 18.2 Å². The van der Waals surface area contributed by atoms with E-state index in [1.54, 1.807) is 33.5 Å². The predicted octanol–water partition coefficient (Wildman–Crippen LogP) is 3.49. The molecule has 1 N–H and O–H groups in total. The fourth-order valence-electron chi connectivity index (χ4n) is 2.45. The summed E-state index contributed by atoms with van der Waals surface area (Å²) in [6.07, 6.45) is 1.44. The first-order chi connectivity index (χ1) is 12.2. The number of fused-ring (bicyclic) bond motifs is 1. The van der Waals surface area contributed by atoms with Crippen LogP contribution in [-0.2, 0) is 0 Å². The lowest BCUT2D eigenvalue weighted by Crippen LogP contribution is -1.97. The maximum atomic E-state index is 5.99. The molecule has 1 aromatic heterocycles. The van der Waals surface area contributed by atoms with Crippen LogP contribution in [0.1, 0.15) is 0 Å². The number of anilines is 1. The van der Waals surface area contributed by atoms with Crippen LogP contribution in [0.15, 0.2) is 36.7 Å². The molecule has 7 heteroatoms. The highest BCUT2D eigenvalue weighted by Crippen LogP contribution is 2.38. The van der Waals surface area contributed by atoms with Gasteiger partial charge in [-0.2, -0.15) is 0 Å². The summed E-state index contributed by atoms with van der Waals surface area (Å²) in [6.45, 7) is 0. The van der Waals surface area contributed by atoms with E-state index >= 15 is 0 Å². The minimum Gasteiger partial charge on any atom is -0.493 e. The molecule has 2 aromatic carbocycles. The highest BCUT2D eigenvalue weighted by molar-refractivity contribution is 5.87. The monoisotopic (exact) mass is 341 g/mol. The molecule has 0 radical (unpaired) electrons. The molecule has 0 amide bonds. The summed E-state index contributed by atoms with van der Waals surface area (Å²) in [6, 6.07) is 9.13. The molecule has 0 fully saturated rings. The summed E-state index contributed by atoms with van der Waals surface area (Å²) in [5.74, 6) is 2.72. The fraction of sp³-hybridized carbons (Fsp3) is 0.222. The molecular weight excluding hydrogens is 322 g/mol. The van der Waals surface area contributed by atoms with Crippen LogP contribution in [0.25, 0.3) is 10.9 Å². The smallest absolute Gasteiger partial charge is 0.230 e. The van der Waals surface area contributed by atoms with Crippen LogP contribution in [-0.4, -0.2) is 38.3 Å². The molecule has 0 aliphatic heterocycles. The first-order valence-electron chi connectivity index (χ1n) is 7.60. The maximum absolute atomic E-state index is 5.99. The molecular formula is C18H19N3O4. The van der Waals surface area contributed by atoms with Gasteiger partial charge in [0.15, 0.2) is 23.0 Å². The van der Waals surface area contributed by atoms with Crippen molar-refractivity contribution in [3.63, 3.8) is 0 Å². The second-order valence-corrected chi connectivity index (χ2v) is 5.12. The Hall–Kier alpha value is -3.22. The normalized spacial score (nSPS) is 10.4. The van der Waals surface area contributed by atoms with Gasteiger partial charge in [0.1, 0.15) is 6.33 Å². The molecule has 1 heterocycles. The Morgan fingerprint density at radius 1 is 0.800 bits per heavy atom. The van der Waals surface area contributed by atoms with E-state index < -0.39 is 0 Å². The third-order valence-electron chi connectivity index (χ3n) is 3.76. The van der Waals surface area contributed by atoms with Gasteiger partial charge in [0.05, 0.1) is 32.2 Å². The molecule has 130 valence electrons. The largest absolute Gasteiger partial charge is 0.493 e. The van der Waals surface area contributed by atoms with Crippen molar-refractivity contribution in [3.05, 3.63) is 36.7 Å². The Kier molecular flexibility index (Phi) is 4.74. The molecule has 3 rings (SSSR count). The van der Waals surface area contributed by atoms with Crippen molar-refractivity contribution >= 4 is 16.6 Å². The van der Waals surface area contributed by atoms with Crippen molar-refractivity contribution in [2.24, 2.45) is 0 Å². The number of aromatic nitrogens is 2. The molecule has 0 saturated heterocycles. The van der Waals surface area contributed by atoms with Crippen LogP contribution in [0, 0.1) is 0 Å². The topological polar surface area (TPSA) is 74.7 Å². The summed E-state index contributed by atoms with van der Waals surface area (Å²) < 4.78 is 22.1. The van der Waals surface area contributed by atoms with Crippen molar-refractivity contribution in [2.45, 2.75) is 0 Å². The van der Waals surface area contributed by atoms with E-state index in [0.29, 0.717) is 39.8 Å². The molecule has 0 unspecified atom stereocenters. The van der Waals surface area contributed by atoms with Gasteiger partial charge in [-0.3, -0.25) is 0 Å². The van der Waals surface area contributed by atoms with Gasteiger partial charge >= 0.3 is 0 Å². The summed E-state index contributed by atoms with van der Waals surface area (Å²) in [7, 11) is 6.59. The van der Waals surface area contributed by atoms with Crippen molar-refractivity contribution in [1.82, 2.24) is 9.97 Å². The summed E-state index contributed by atoms with van der Waals surface area (Å²) >= 11 is 0. The zero-order valence-electron chi connectivity index (χ0n) is 14.5. The quantitative estimate of drug-likeness (QED) is 0.735. The molecule has 3 aromatic rings. The van der Waals surface area contributed by atoms with Crippen molar-refractivity contribution in [2.75, 3.05) is 33.7 Å². The average Bonchev–Trinajstić information content (AvgIpc) is 2.67. The number of rotatable bonds is 6. The Morgan fingerprint density at radius 3 is 2.16 bits per heavy atom. The van der Waals surface area contributed by atoms with Gasteiger partial charge in [0, 0.05) is 24.9 Å². The second-order valence-electron chi connectivity index (χ2n) is 5.12. The van der Waals surface area contributed by atoms with E-state index in [0.717, 1.165) is 5.69 Å². The molecule has 0 aliphatic carbocycles. The SMILES string of the molecule is CNc1ccc(Oc2ncnc3cc(OC)c(OC)cc23)c(OC)c1. The number of hydrogen-bond donors (Lipinski definition) is 1. The number of methoxy groups -OCH3 is 3. The standard InChI is InChI=1S/C18H19N3O4/c1-19-11-5-6-14(15(7-11)22-2)25-18-12-8-16(23-3)17(24-4)9-13(12)20-10-21-18/h5-10,19H,1-4H3. The third-order valence-corrected chi connectivity index (χ3v) is 3.76. The summed E-state index contributed by atoms with van der Waals surface area (Å²) in [5.41, 5.74) is 1.61. The molecule has 0 bridgehead atoms. The number of nitrogens with one attached hydrogen (secondary N) is 1. The van der Waals surface area contributed by atoms with Crippen molar-refractivity contribution in [3.8, 4) is 28.9 Å². The highest BCUT2D eigenvalue weighted by Gasteiger charge is 2.14. The maximum Gasteiger partial charge on any atom is 0.230 e. The Morgan fingerprint density at radius 2 is 1.48 bits per heavy atom. The van der Waals surface area contributed by atoms with Gasteiger partial charge in [-0.25, -0.2) is 9.97 Å². The van der Waals surface area contributed by atoms with Crippen LogP contribution in [0.3, 0.4) is 0 Å². The van der Waals surface area contributed by atoms with Crippen molar-refractivity contribution in [1.29, 1.82) is 0 Å². The first kappa shape index (κ1) is 16.6. The third kappa shape index (κ3) is 3.21. The number of hydrogen-bond acceptors (Lipinski definition) is 7. The van der Waals surface area contributed by atoms with Crippen LogP contribution < -0.4 is 24.3 Å². The lowest BCUT2D eigenvalue weighted by atomic mass is 10.2. The molecule has 0 aliphatic rings. The molecule has 7 nitrogen and oxygen atoms in total. The van der Waals surface area contributed by atoms with Crippen LogP contribution in [0.2, 0.25) is 0 Å². The van der Waals surface area contributed by atoms with Crippen LogP contribution in [0.5, 0.6) is 28.9 Å². The summed E-state index contributed by atoms with van der Waals surface area (Å²) in [4.78, 5) is 8.52. The van der Waals surface area contributed by atoms with Gasteiger partial charge < -0.3 is 24.3 Å². The number of benzene rings is 2. The Bertz CT molecular complexity index is 899. The van der Waals surface area contributed by atoms with Gasteiger partial charge in [-0.15, -0.1) is 0 Å². The average molecular weight is 341 g/mol. The fourth-order valence-corrected chi connectivity index (χ4v) is 2.45. The van der Waals surface area contributed by atoms with Gasteiger partial charge in [-0.1, -0.05) is 0 Å². The first-order valence-corrected chi connectivity index (χ1v) is 7.60. The van der Waals surface area contributed by atoms with Crippen molar-refractivity contribution < 1.29 is 18.9 Å². The lowest BCUT2D eigenvalue weighted by Gasteiger charge is -2.13. The summed E-state index contributed by atoms with van der Waals surface area (Å²) in [5, 5.41) is 3.77. The van der Waals surface area contributed by atoms with Crippen LogP contribution in [0.4, 0.5) is 5.69 Å². The second kappa shape index (κ2) is 7.12. The van der Waals surface area contributed by atoms with E-state index in [9.17, 15) is 0 Å². The molecule has 0 atom stereocenters. The molecule has 0 saturated carbocycles. The van der Waals surface area contributed by atoms with E-state index in [1.165, 1.54) is 6.33 Å². The molecule has 25 heavy (non-hydrogen) atoms. The van der Waals surface area contributed by atoms with E-state index in [4.69, 9.17) is 18.9 Å². The highest BCUT2D eigenvalue weighted by atomic mass is 16.5. The van der Waals surface area contributed by atoms with E-state index in [2.05, 4.69) is 15.3 Å². The number of ether oxygens (including phenoxy) is 4. The van der Waals surface area contributed by atoms with E-state index in [-0.39, 0.29) is 0 Å². The zero-order chi connectivity index (χ0) is 17.8. The minimum absolute atomic E-state index is 0.404. The minimum atomic E-state index is 0.404. The Labute approximate surface area is 145 Å². The van der Waals surface area contributed by atoms with Gasteiger partial charge in [0.25, 0.3) is 0 Å². The van der Waals surface area contributed by atoms with Gasteiger partial charge in [0.2, 0.25) is 5.88 Å². The number of nitrogens with zero attached hydrogens (tertiary/aromatic N) is 2. The Balaban J connectivity index is 2.07. The van der Waals surface area contributed by atoms with E-state index in [1.807, 2.05) is 25.2 Å². The predicted molar refractivity (Wildman–Crippen MR) is 95.3 cm³/mol.